The van der Waals surface area contributed by atoms with Crippen molar-refractivity contribution >= 4 is 15.9 Å². The predicted octanol–water partition coefficient (Wildman–Crippen LogP) is 1.17. The molecule has 2 saturated heterocycles. The van der Waals surface area contributed by atoms with E-state index in [1.54, 1.807) is 15.7 Å². The van der Waals surface area contributed by atoms with Gasteiger partial charge in [0.05, 0.1) is 25.0 Å². The van der Waals surface area contributed by atoms with Crippen LogP contribution in [0.5, 0.6) is 5.75 Å². The first-order valence-electron chi connectivity index (χ1n) is 8.70. The second-order valence-corrected chi connectivity index (χ2v) is 8.57. The largest absolute Gasteiger partial charge is 0.495 e. The molecule has 0 aliphatic carbocycles. The normalized spacial score (nSPS) is 26.6. The smallest absolute Gasteiger partial charge is 0.282 e. The Morgan fingerprint density at radius 1 is 1.00 bits per heavy atom. The van der Waals surface area contributed by atoms with Crippen LogP contribution in [-0.4, -0.2) is 75.6 Å². The van der Waals surface area contributed by atoms with Crippen molar-refractivity contribution in [1.82, 2.24) is 8.61 Å². The van der Waals surface area contributed by atoms with Gasteiger partial charge in [0.2, 0.25) is 0 Å². The zero-order valence-corrected chi connectivity index (χ0v) is 15.9. The van der Waals surface area contributed by atoms with Crippen LogP contribution < -0.4 is 9.64 Å². The molecule has 7 nitrogen and oxygen atoms in total. The monoisotopic (exact) mass is 369 g/mol. The first-order chi connectivity index (χ1) is 11.9. The first kappa shape index (κ1) is 18.4. The fraction of sp³-hybridized carbons (Fsp3) is 0.647. The van der Waals surface area contributed by atoms with Crippen molar-refractivity contribution in [3.63, 3.8) is 0 Å². The summed E-state index contributed by atoms with van der Waals surface area (Å²) in [4.78, 5) is 2.18. The fourth-order valence-electron chi connectivity index (χ4n) is 3.53. The molecule has 2 atom stereocenters. The van der Waals surface area contributed by atoms with Gasteiger partial charge in [0.25, 0.3) is 10.2 Å². The highest BCUT2D eigenvalue weighted by Gasteiger charge is 2.36. The van der Waals surface area contributed by atoms with Gasteiger partial charge in [-0.1, -0.05) is 12.1 Å². The minimum Gasteiger partial charge on any atom is -0.495 e. The van der Waals surface area contributed by atoms with Gasteiger partial charge in [0.1, 0.15) is 5.75 Å². The Morgan fingerprint density at radius 2 is 1.60 bits per heavy atom. The summed E-state index contributed by atoms with van der Waals surface area (Å²) in [6.07, 6.45) is -0.151. The van der Waals surface area contributed by atoms with Crippen LogP contribution in [0.3, 0.4) is 0 Å². The Bertz CT molecular complexity index is 679. The summed E-state index contributed by atoms with van der Waals surface area (Å²) in [7, 11) is -1.79. The molecule has 3 rings (SSSR count). The summed E-state index contributed by atoms with van der Waals surface area (Å²) >= 11 is 0. The van der Waals surface area contributed by atoms with Crippen LogP contribution in [0.15, 0.2) is 24.3 Å². The van der Waals surface area contributed by atoms with Crippen molar-refractivity contribution in [2.45, 2.75) is 26.1 Å². The van der Waals surface area contributed by atoms with Crippen LogP contribution >= 0.6 is 0 Å². The molecule has 1 aromatic rings. The predicted molar refractivity (Wildman–Crippen MR) is 97.3 cm³/mol. The molecule has 0 aromatic heterocycles. The topological polar surface area (TPSA) is 62.3 Å². The number of morpholine rings is 1. The van der Waals surface area contributed by atoms with Crippen molar-refractivity contribution in [2.24, 2.45) is 0 Å². The lowest BCUT2D eigenvalue weighted by molar-refractivity contribution is -0.0455. The minimum absolute atomic E-state index is 0.0756. The molecule has 2 fully saturated rings. The number of anilines is 1. The molecule has 0 unspecified atom stereocenters. The van der Waals surface area contributed by atoms with Gasteiger partial charge in [0, 0.05) is 39.3 Å². The highest BCUT2D eigenvalue weighted by Crippen LogP contribution is 2.29. The maximum absolute atomic E-state index is 13.0. The van der Waals surface area contributed by atoms with Gasteiger partial charge in [-0.3, -0.25) is 0 Å². The molecule has 140 valence electrons. The zero-order valence-electron chi connectivity index (χ0n) is 15.1. The van der Waals surface area contributed by atoms with E-state index < -0.39 is 10.2 Å². The van der Waals surface area contributed by atoms with Crippen molar-refractivity contribution in [2.75, 3.05) is 51.3 Å². The van der Waals surface area contributed by atoms with E-state index in [2.05, 4.69) is 4.90 Å². The Labute approximate surface area is 150 Å². The first-order valence-corrected chi connectivity index (χ1v) is 10.1. The van der Waals surface area contributed by atoms with Crippen LogP contribution in [0, 0.1) is 0 Å². The van der Waals surface area contributed by atoms with E-state index in [0.29, 0.717) is 39.3 Å². The maximum Gasteiger partial charge on any atom is 0.282 e. The fourth-order valence-corrected chi connectivity index (χ4v) is 5.28. The summed E-state index contributed by atoms with van der Waals surface area (Å²) in [6.45, 7) is 6.90. The molecule has 1 aromatic carbocycles. The zero-order chi connectivity index (χ0) is 18.0. The van der Waals surface area contributed by atoms with Crippen molar-refractivity contribution in [3.05, 3.63) is 24.3 Å². The van der Waals surface area contributed by atoms with Gasteiger partial charge in [0.15, 0.2) is 0 Å². The Kier molecular flexibility index (Phi) is 5.52. The van der Waals surface area contributed by atoms with E-state index in [1.165, 1.54) is 0 Å². The van der Waals surface area contributed by atoms with Gasteiger partial charge in [-0.2, -0.15) is 17.0 Å². The maximum atomic E-state index is 13.0. The van der Waals surface area contributed by atoms with E-state index in [-0.39, 0.29) is 12.2 Å². The van der Waals surface area contributed by atoms with E-state index in [9.17, 15) is 8.42 Å². The molecule has 0 saturated carbocycles. The quantitative estimate of drug-likeness (QED) is 0.797. The van der Waals surface area contributed by atoms with Crippen LogP contribution in [0.4, 0.5) is 5.69 Å². The van der Waals surface area contributed by atoms with Crippen molar-refractivity contribution in [1.29, 1.82) is 0 Å². The molecule has 0 bridgehead atoms. The number of nitrogens with zero attached hydrogens (tertiary/aromatic N) is 3. The highest BCUT2D eigenvalue weighted by atomic mass is 32.2. The summed E-state index contributed by atoms with van der Waals surface area (Å²) in [5.74, 6) is 0.814. The second kappa shape index (κ2) is 7.49. The van der Waals surface area contributed by atoms with E-state index in [0.717, 1.165) is 11.4 Å². The van der Waals surface area contributed by atoms with E-state index >= 15 is 0 Å². The molecular weight excluding hydrogens is 342 g/mol. The van der Waals surface area contributed by atoms with Gasteiger partial charge in [-0.05, 0) is 26.0 Å². The van der Waals surface area contributed by atoms with Gasteiger partial charge in [-0.25, -0.2) is 0 Å². The lowest BCUT2D eigenvalue weighted by Gasteiger charge is -2.41. The lowest BCUT2D eigenvalue weighted by atomic mass is 10.2. The highest BCUT2D eigenvalue weighted by molar-refractivity contribution is 7.86. The second-order valence-electron chi connectivity index (χ2n) is 6.64. The molecule has 8 heteroatoms. The molecular formula is C17H27N3O4S. The van der Waals surface area contributed by atoms with Crippen molar-refractivity contribution in [3.8, 4) is 5.75 Å². The molecule has 2 aliphatic rings. The third-order valence-corrected chi connectivity index (χ3v) is 6.67. The number of rotatable bonds is 4. The van der Waals surface area contributed by atoms with Crippen LogP contribution in [-0.2, 0) is 14.9 Å². The average Bonchev–Trinajstić information content (AvgIpc) is 2.61. The van der Waals surface area contributed by atoms with Crippen molar-refractivity contribution < 1.29 is 17.9 Å². The summed E-state index contributed by atoms with van der Waals surface area (Å²) in [6, 6.07) is 7.84. The molecule has 0 radical (unpaired) electrons. The van der Waals surface area contributed by atoms with Crippen LogP contribution in [0.1, 0.15) is 13.8 Å². The Balaban J connectivity index is 1.67. The third kappa shape index (κ3) is 3.92. The number of hydrogen-bond acceptors (Lipinski definition) is 5. The molecule has 0 spiro atoms. The number of methoxy groups -OCH3 is 1. The summed E-state index contributed by atoms with van der Waals surface area (Å²) in [5.41, 5.74) is 1.01. The third-order valence-electron chi connectivity index (χ3n) is 4.70. The number of para-hydroxylation sites is 2. The Morgan fingerprint density at radius 3 is 2.20 bits per heavy atom. The summed E-state index contributed by atoms with van der Waals surface area (Å²) in [5, 5.41) is 0. The van der Waals surface area contributed by atoms with Gasteiger partial charge in [-0.15, -0.1) is 0 Å². The molecule has 0 N–H and O–H groups in total. The van der Waals surface area contributed by atoms with E-state index in [4.69, 9.17) is 9.47 Å². The van der Waals surface area contributed by atoms with Crippen LogP contribution in [0.25, 0.3) is 0 Å². The summed E-state index contributed by atoms with van der Waals surface area (Å²) < 4.78 is 40.1. The van der Waals surface area contributed by atoms with E-state index in [1.807, 2.05) is 38.1 Å². The minimum atomic E-state index is -3.44. The number of hydrogen-bond donors (Lipinski definition) is 0. The number of piperazine rings is 1. The molecule has 25 heavy (non-hydrogen) atoms. The lowest BCUT2D eigenvalue weighted by Crippen LogP contribution is -2.57. The standard InChI is InChI=1S/C17H27N3O4S/c1-14-12-20(13-15(2)24-14)25(21,22)19-10-8-18(9-11-19)16-6-4-5-7-17(16)23-3/h4-7,14-15H,8-13H2,1-3H3/t14-,15+. The molecule has 0 amide bonds. The number of benzene rings is 1. The van der Waals surface area contributed by atoms with Gasteiger partial charge >= 0.3 is 0 Å². The van der Waals surface area contributed by atoms with Crippen LogP contribution in [0.2, 0.25) is 0 Å². The number of ether oxygens (including phenoxy) is 2. The Hall–Kier alpha value is -1.35. The van der Waals surface area contributed by atoms with Gasteiger partial charge < -0.3 is 14.4 Å². The average molecular weight is 369 g/mol. The SMILES string of the molecule is COc1ccccc1N1CCN(S(=O)(=O)N2C[C@@H](C)O[C@@H](C)C2)CC1. The molecule has 2 heterocycles. The molecule has 2 aliphatic heterocycles.